The van der Waals surface area contributed by atoms with Crippen LogP contribution >= 0.6 is 0 Å². The van der Waals surface area contributed by atoms with Gasteiger partial charge in [0, 0.05) is 25.5 Å². The molecule has 0 bridgehead atoms. The topological polar surface area (TPSA) is 96.1 Å². The first-order chi connectivity index (χ1) is 13.1. The van der Waals surface area contributed by atoms with Crippen LogP contribution in [0.2, 0.25) is 0 Å². The molecule has 1 aliphatic heterocycles. The average Bonchev–Trinajstić information content (AvgIpc) is 3.39. The van der Waals surface area contributed by atoms with Gasteiger partial charge in [0.15, 0.2) is 0 Å². The molecule has 2 atom stereocenters. The number of aromatic nitrogens is 4. The molecule has 2 aromatic heterocycles. The number of nitrogens with one attached hydrogen (secondary N) is 2. The number of likely N-dealkylation sites (tertiary alicyclic amines) is 1. The molecule has 142 valence electrons. The average molecular weight is 373 g/mol. The van der Waals surface area contributed by atoms with Crippen LogP contribution in [0, 0.1) is 0 Å². The van der Waals surface area contributed by atoms with E-state index < -0.39 is 18.2 Å². The number of halogens is 1. The standard InChI is InChI=1S/C18H20FN5O3/c1-26-18(25)11-2-3-13-14(6-11)23-17(22-13)10-27-15-8-24(7-12(15)19)9-16-20-4-5-21-16/h2-6,12,15H,7-10H2,1H3,(H,20,21)(H,22,23)/t12-,15+/m1/s1. The number of hydrogen-bond donors (Lipinski definition) is 2. The molecule has 0 spiro atoms. The Morgan fingerprint density at radius 1 is 1.37 bits per heavy atom. The Labute approximate surface area is 154 Å². The van der Waals surface area contributed by atoms with E-state index in [9.17, 15) is 9.18 Å². The minimum Gasteiger partial charge on any atom is -0.465 e. The lowest BCUT2D eigenvalue weighted by Crippen LogP contribution is -2.24. The van der Waals surface area contributed by atoms with E-state index in [2.05, 4.69) is 19.9 Å². The van der Waals surface area contributed by atoms with E-state index in [-0.39, 0.29) is 6.61 Å². The highest BCUT2D eigenvalue weighted by Crippen LogP contribution is 2.20. The van der Waals surface area contributed by atoms with Gasteiger partial charge < -0.3 is 19.4 Å². The zero-order chi connectivity index (χ0) is 18.8. The predicted molar refractivity (Wildman–Crippen MR) is 94.8 cm³/mol. The molecule has 27 heavy (non-hydrogen) atoms. The highest BCUT2D eigenvalue weighted by Gasteiger charge is 2.34. The molecule has 0 unspecified atom stereocenters. The van der Waals surface area contributed by atoms with Crippen molar-refractivity contribution < 1.29 is 18.7 Å². The molecule has 2 N–H and O–H groups in total. The Morgan fingerprint density at radius 2 is 2.26 bits per heavy atom. The van der Waals surface area contributed by atoms with Crippen LogP contribution in [-0.2, 0) is 22.6 Å². The Balaban J connectivity index is 1.37. The van der Waals surface area contributed by atoms with Gasteiger partial charge in [-0.2, -0.15) is 0 Å². The van der Waals surface area contributed by atoms with Gasteiger partial charge in [0.25, 0.3) is 0 Å². The lowest BCUT2D eigenvalue weighted by Gasteiger charge is -2.14. The van der Waals surface area contributed by atoms with Crippen LogP contribution in [0.4, 0.5) is 4.39 Å². The lowest BCUT2D eigenvalue weighted by atomic mass is 10.2. The molecule has 0 saturated carbocycles. The molecule has 8 nitrogen and oxygen atoms in total. The van der Waals surface area contributed by atoms with Crippen molar-refractivity contribution in [2.24, 2.45) is 0 Å². The molecular weight excluding hydrogens is 353 g/mol. The fourth-order valence-electron chi connectivity index (χ4n) is 3.25. The van der Waals surface area contributed by atoms with Crippen LogP contribution in [0.3, 0.4) is 0 Å². The molecular formula is C18H20FN5O3. The summed E-state index contributed by atoms with van der Waals surface area (Å²) in [7, 11) is 1.34. The Bertz CT molecular complexity index is 926. The van der Waals surface area contributed by atoms with Crippen molar-refractivity contribution in [2.75, 3.05) is 20.2 Å². The Hall–Kier alpha value is -2.78. The van der Waals surface area contributed by atoms with E-state index in [1.165, 1.54) is 7.11 Å². The van der Waals surface area contributed by atoms with Crippen LogP contribution < -0.4 is 0 Å². The number of carbonyl (C=O) groups excluding carboxylic acids is 1. The number of H-pyrrole nitrogens is 2. The van der Waals surface area contributed by atoms with Crippen molar-refractivity contribution in [1.82, 2.24) is 24.8 Å². The van der Waals surface area contributed by atoms with Gasteiger partial charge in [0.2, 0.25) is 0 Å². The van der Waals surface area contributed by atoms with Crippen molar-refractivity contribution in [3.63, 3.8) is 0 Å². The SMILES string of the molecule is COC(=O)c1ccc2nc(CO[C@H]3CN(Cc4ncc[nH]4)C[C@H]3F)[nH]c2c1. The van der Waals surface area contributed by atoms with Crippen molar-refractivity contribution in [3.8, 4) is 0 Å². The van der Waals surface area contributed by atoms with Crippen LogP contribution in [-0.4, -0.2) is 63.3 Å². The second-order valence-electron chi connectivity index (χ2n) is 6.50. The zero-order valence-corrected chi connectivity index (χ0v) is 14.8. The molecule has 0 aliphatic carbocycles. The minimum atomic E-state index is -1.06. The van der Waals surface area contributed by atoms with Gasteiger partial charge in [-0.05, 0) is 18.2 Å². The quantitative estimate of drug-likeness (QED) is 0.640. The summed E-state index contributed by atoms with van der Waals surface area (Å²) >= 11 is 0. The third-order valence-electron chi connectivity index (χ3n) is 4.59. The number of fused-ring (bicyclic) bond motifs is 1. The van der Waals surface area contributed by atoms with E-state index in [1.54, 1.807) is 30.6 Å². The number of imidazole rings is 2. The number of alkyl halides is 1. The molecule has 0 radical (unpaired) electrons. The number of aromatic amines is 2. The molecule has 9 heteroatoms. The van der Waals surface area contributed by atoms with E-state index >= 15 is 0 Å². The van der Waals surface area contributed by atoms with Crippen LogP contribution in [0.15, 0.2) is 30.6 Å². The smallest absolute Gasteiger partial charge is 0.337 e. The van der Waals surface area contributed by atoms with E-state index in [1.807, 2.05) is 4.90 Å². The van der Waals surface area contributed by atoms with Gasteiger partial charge in [0.05, 0.1) is 30.3 Å². The summed E-state index contributed by atoms with van der Waals surface area (Å²) in [5, 5.41) is 0. The van der Waals surface area contributed by atoms with Gasteiger partial charge in [-0.3, -0.25) is 4.90 Å². The van der Waals surface area contributed by atoms with Gasteiger partial charge in [-0.25, -0.2) is 19.2 Å². The molecule has 1 aromatic carbocycles. The fourth-order valence-corrected chi connectivity index (χ4v) is 3.25. The summed E-state index contributed by atoms with van der Waals surface area (Å²) in [6.45, 7) is 1.54. The second-order valence-corrected chi connectivity index (χ2v) is 6.50. The first kappa shape index (κ1) is 17.6. The van der Waals surface area contributed by atoms with E-state index in [0.717, 1.165) is 5.82 Å². The summed E-state index contributed by atoms with van der Waals surface area (Å²) in [6, 6.07) is 5.07. The molecule has 0 amide bonds. The lowest BCUT2D eigenvalue weighted by molar-refractivity contribution is 0.00859. The van der Waals surface area contributed by atoms with Gasteiger partial charge in [-0.1, -0.05) is 0 Å². The van der Waals surface area contributed by atoms with E-state index in [4.69, 9.17) is 9.47 Å². The van der Waals surface area contributed by atoms with Crippen molar-refractivity contribution in [2.45, 2.75) is 25.4 Å². The summed E-state index contributed by atoms with van der Waals surface area (Å²) in [5.41, 5.74) is 1.86. The molecule has 3 heterocycles. The second kappa shape index (κ2) is 7.45. The third-order valence-corrected chi connectivity index (χ3v) is 4.59. The summed E-state index contributed by atoms with van der Waals surface area (Å²) in [4.78, 5) is 28.3. The first-order valence-corrected chi connectivity index (χ1v) is 8.65. The highest BCUT2D eigenvalue weighted by molar-refractivity contribution is 5.93. The molecule has 3 aromatic rings. The molecule has 1 aliphatic rings. The van der Waals surface area contributed by atoms with Crippen LogP contribution in [0.25, 0.3) is 11.0 Å². The largest absolute Gasteiger partial charge is 0.465 e. The number of nitrogens with zero attached hydrogens (tertiary/aromatic N) is 3. The third kappa shape index (κ3) is 3.83. The number of ether oxygens (including phenoxy) is 2. The summed E-state index contributed by atoms with van der Waals surface area (Å²) in [6.07, 6.45) is 1.85. The van der Waals surface area contributed by atoms with Gasteiger partial charge in [0.1, 0.15) is 30.5 Å². The fraction of sp³-hybridized carbons (Fsp3) is 0.389. The maximum atomic E-state index is 14.3. The zero-order valence-electron chi connectivity index (χ0n) is 14.8. The minimum absolute atomic E-state index is 0.169. The Morgan fingerprint density at radius 3 is 3.04 bits per heavy atom. The highest BCUT2D eigenvalue weighted by atomic mass is 19.1. The predicted octanol–water partition coefficient (Wildman–Crippen LogP) is 1.81. The number of benzene rings is 1. The van der Waals surface area contributed by atoms with Gasteiger partial charge >= 0.3 is 5.97 Å². The maximum absolute atomic E-state index is 14.3. The number of methoxy groups -OCH3 is 1. The molecule has 4 rings (SSSR count). The molecule has 1 saturated heterocycles. The summed E-state index contributed by atoms with van der Waals surface area (Å²) in [5.74, 6) is 0.984. The van der Waals surface area contributed by atoms with Crippen LogP contribution in [0.5, 0.6) is 0 Å². The number of rotatable bonds is 6. The number of hydrogen-bond acceptors (Lipinski definition) is 6. The van der Waals surface area contributed by atoms with Crippen LogP contribution in [0.1, 0.15) is 22.0 Å². The Kier molecular flexibility index (Phi) is 4.87. The normalized spacial score (nSPS) is 20.4. The number of esters is 1. The van der Waals surface area contributed by atoms with Crippen molar-refractivity contribution in [3.05, 3.63) is 47.8 Å². The molecule has 1 fully saturated rings. The first-order valence-electron chi connectivity index (χ1n) is 8.65. The van der Waals surface area contributed by atoms with Crippen molar-refractivity contribution in [1.29, 1.82) is 0 Å². The monoisotopic (exact) mass is 373 g/mol. The summed E-state index contributed by atoms with van der Waals surface area (Å²) < 4.78 is 24.7. The maximum Gasteiger partial charge on any atom is 0.337 e. The number of carbonyl (C=O) groups is 1. The van der Waals surface area contributed by atoms with Crippen molar-refractivity contribution >= 4 is 17.0 Å². The van der Waals surface area contributed by atoms with E-state index in [0.29, 0.717) is 42.1 Å². The van der Waals surface area contributed by atoms with Gasteiger partial charge in [-0.15, -0.1) is 0 Å².